The van der Waals surface area contributed by atoms with Gasteiger partial charge < -0.3 is 19.9 Å². The van der Waals surface area contributed by atoms with Crippen LogP contribution in [-0.2, 0) is 22.6 Å². The van der Waals surface area contributed by atoms with E-state index >= 15 is 0 Å². The molecular weight excluding hydrogens is 465 g/mol. The first-order valence-electron chi connectivity index (χ1n) is 11.4. The fourth-order valence-corrected chi connectivity index (χ4v) is 4.44. The first-order chi connectivity index (χ1) is 16.8. The Morgan fingerprint density at radius 3 is 2.31 bits per heavy atom. The molecule has 0 spiro atoms. The molecule has 0 saturated carbocycles. The number of benzene rings is 2. The largest absolute Gasteiger partial charge is 0.383 e. The summed E-state index contributed by atoms with van der Waals surface area (Å²) >= 11 is 1.58. The molecule has 3 amide bonds. The summed E-state index contributed by atoms with van der Waals surface area (Å²) in [6.45, 7) is 7.19. The van der Waals surface area contributed by atoms with Crippen molar-refractivity contribution in [2.45, 2.75) is 33.9 Å². The molecule has 0 atom stereocenters. The van der Waals surface area contributed by atoms with Crippen LogP contribution in [0.5, 0.6) is 0 Å². The van der Waals surface area contributed by atoms with Crippen LogP contribution in [-0.4, -0.2) is 48.5 Å². The number of nitrogens with one attached hydrogen (secondary N) is 1. The number of thiophene rings is 1. The van der Waals surface area contributed by atoms with Gasteiger partial charge in [0.1, 0.15) is 12.4 Å². The second-order valence-electron chi connectivity index (χ2n) is 8.55. The summed E-state index contributed by atoms with van der Waals surface area (Å²) in [4.78, 5) is 30.8. The van der Waals surface area contributed by atoms with Crippen LogP contribution >= 0.6 is 11.3 Å². The van der Waals surface area contributed by atoms with Gasteiger partial charge in [-0.15, -0.1) is 11.3 Å². The highest BCUT2D eigenvalue weighted by molar-refractivity contribution is 7.10. The fraction of sp³-hybridized carbons (Fsp3) is 0.333. The van der Waals surface area contributed by atoms with Crippen molar-refractivity contribution in [2.24, 2.45) is 0 Å². The Morgan fingerprint density at radius 2 is 1.69 bits per heavy atom. The molecule has 1 heterocycles. The minimum Gasteiger partial charge on any atom is -0.383 e. The Labute approximate surface area is 210 Å². The number of urea groups is 1. The Morgan fingerprint density at radius 1 is 0.943 bits per heavy atom. The topological polar surface area (TPSA) is 61.9 Å². The molecule has 0 aliphatic heterocycles. The molecule has 35 heavy (non-hydrogen) atoms. The maximum atomic E-state index is 13.5. The van der Waals surface area contributed by atoms with Crippen molar-refractivity contribution in [3.8, 4) is 0 Å². The van der Waals surface area contributed by atoms with Crippen LogP contribution in [0.25, 0.3) is 0 Å². The summed E-state index contributed by atoms with van der Waals surface area (Å²) in [6.07, 6.45) is 0. The number of amides is 3. The molecule has 0 bridgehead atoms. The van der Waals surface area contributed by atoms with E-state index in [2.05, 4.69) is 5.32 Å². The van der Waals surface area contributed by atoms with Crippen molar-refractivity contribution >= 4 is 29.0 Å². The first kappa shape index (κ1) is 26.4. The summed E-state index contributed by atoms with van der Waals surface area (Å²) < 4.78 is 18.6. The average molecular weight is 498 g/mol. The van der Waals surface area contributed by atoms with Gasteiger partial charge >= 0.3 is 6.03 Å². The molecule has 0 radical (unpaired) electrons. The Balaban J connectivity index is 1.77. The number of ether oxygens (including phenoxy) is 1. The van der Waals surface area contributed by atoms with E-state index in [1.165, 1.54) is 17.0 Å². The number of hydrogen-bond donors (Lipinski definition) is 1. The fourth-order valence-electron chi connectivity index (χ4n) is 3.52. The molecule has 6 nitrogen and oxygen atoms in total. The number of anilines is 1. The van der Waals surface area contributed by atoms with E-state index in [-0.39, 0.29) is 30.8 Å². The van der Waals surface area contributed by atoms with Gasteiger partial charge in [-0.05, 0) is 78.7 Å². The van der Waals surface area contributed by atoms with Crippen LogP contribution in [0.3, 0.4) is 0 Å². The Hall–Kier alpha value is -3.23. The van der Waals surface area contributed by atoms with Crippen LogP contribution in [0, 0.1) is 26.6 Å². The number of hydrogen-bond acceptors (Lipinski definition) is 4. The lowest BCUT2D eigenvalue weighted by Gasteiger charge is -2.28. The van der Waals surface area contributed by atoms with E-state index in [0.29, 0.717) is 25.4 Å². The van der Waals surface area contributed by atoms with Gasteiger partial charge in [0.25, 0.3) is 0 Å². The van der Waals surface area contributed by atoms with Crippen molar-refractivity contribution in [3.63, 3.8) is 0 Å². The highest BCUT2D eigenvalue weighted by Gasteiger charge is 2.23. The predicted octanol–water partition coefficient (Wildman–Crippen LogP) is 5.52. The minimum absolute atomic E-state index is 0.106. The van der Waals surface area contributed by atoms with Gasteiger partial charge in [-0.25, -0.2) is 9.18 Å². The van der Waals surface area contributed by atoms with Gasteiger partial charge in [-0.2, -0.15) is 0 Å². The van der Waals surface area contributed by atoms with Crippen molar-refractivity contribution in [1.82, 2.24) is 9.80 Å². The predicted molar refractivity (Wildman–Crippen MR) is 138 cm³/mol. The molecule has 0 aliphatic rings. The van der Waals surface area contributed by atoms with E-state index in [1.807, 2.05) is 50.4 Å². The van der Waals surface area contributed by atoms with Gasteiger partial charge in [0.15, 0.2) is 0 Å². The van der Waals surface area contributed by atoms with Crippen LogP contribution in [0.2, 0.25) is 0 Å². The Kier molecular flexibility index (Phi) is 9.39. The molecule has 0 unspecified atom stereocenters. The molecule has 8 heteroatoms. The molecule has 186 valence electrons. The van der Waals surface area contributed by atoms with Crippen LogP contribution < -0.4 is 5.32 Å². The minimum atomic E-state index is -0.368. The highest BCUT2D eigenvalue weighted by atomic mass is 32.1. The quantitative estimate of drug-likeness (QED) is 0.401. The second kappa shape index (κ2) is 12.5. The lowest BCUT2D eigenvalue weighted by molar-refractivity contribution is -0.133. The third-order valence-electron chi connectivity index (χ3n) is 5.88. The number of carbonyl (C=O) groups excluding carboxylic acids is 2. The molecule has 3 aromatic rings. The van der Waals surface area contributed by atoms with Crippen molar-refractivity contribution < 1.29 is 18.7 Å². The van der Waals surface area contributed by atoms with Crippen molar-refractivity contribution in [1.29, 1.82) is 0 Å². The number of rotatable bonds is 10. The van der Waals surface area contributed by atoms with Gasteiger partial charge in [0.05, 0.1) is 13.2 Å². The Bertz CT molecular complexity index is 1150. The number of aryl methyl sites for hydroxylation is 3. The van der Waals surface area contributed by atoms with Crippen LogP contribution in [0.1, 0.15) is 27.1 Å². The van der Waals surface area contributed by atoms with E-state index in [1.54, 1.807) is 35.5 Å². The first-order valence-corrected chi connectivity index (χ1v) is 12.3. The monoisotopic (exact) mass is 497 g/mol. The van der Waals surface area contributed by atoms with Gasteiger partial charge in [-0.1, -0.05) is 18.2 Å². The third-order valence-corrected chi connectivity index (χ3v) is 6.89. The molecule has 0 saturated heterocycles. The van der Waals surface area contributed by atoms with E-state index in [9.17, 15) is 14.0 Å². The molecular formula is C27H32FN3O3S. The van der Waals surface area contributed by atoms with Gasteiger partial charge in [-0.3, -0.25) is 4.79 Å². The SMILES string of the molecule is COCCN(CC(=O)N(Cc1ccc(F)cc1)Cc1sccc1C)C(=O)Nc1ccc(C)c(C)c1. The number of methoxy groups -OCH3 is 1. The maximum absolute atomic E-state index is 13.5. The summed E-state index contributed by atoms with van der Waals surface area (Å²) in [7, 11) is 1.56. The van der Waals surface area contributed by atoms with E-state index < -0.39 is 0 Å². The average Bonchev–Trinajstić information content (AvgIpc) is 3.24. The van der Waals surface area contributed by atoms with Crippen molar-refractivity contribution in [2.75, 3.05) is 32.1 Å². The lowest BCUT2D eigenvalue weighted by Crippen LogP contribution is -2.45. The molecule has 2 aromatic carbocycles. The number of halogens is 1. The summed E-state index contributed by atoms with van der Waals surface area (Å²) in [6, 6.07) is 13.5. The zero-order valence-electron chi connectivity index (χ0n) is 20.6. The number of carbonyl (C=O) groups is 2. The van der Waals surface area contributed by atoms with Crippen molar-refractivity contribution in [3.05, 3.63) is 86.9 Å². The van der Waals surface area contributed by atoms with Crippen LogP contribution in [0.4, 0.5) is 14.9 Å². The third kappa shape index (κ3) is 7.63. The molecule has 1 aromatic heterocycles. The van der Waals surface area contributed by atoms with E-state index in [0.717, 1.165) is 27.1 Å². The maximum Gasteiger partial charge on any atom is 0.322 e. The molecule has 0 fully saturated rings. The summed E-state index contributed by atoms with van der Waals surface area (Å²) in [5.74, 6) is -0.525. The number of nitrogens with zero attached hydrogens (tertiary/aromatic N) is 2. The van der Waals surface area contributed by atoms with E-state index in [4.69, 9.17) is 4.74 Å². The molecule has 1 N–H and O–H groups in total. The second-order valence-corrected chi connectivity index (χ2v) is 9.55. The zero-order chi connectivity index (χ0) is 25.4. The van der Waals surface area contributed by atoms with Gasteiger partial charge in [0.2, 0.25) is 5.91 Å². The highest BCUT2D eigenvalue weighted by Crippen LogP contribution is 2.20. The lowest BCUT2D eigenvalue weighted by atomic mass is 10.1. The standard InChI is InChI=1S/C27H32FN3O3S/c1-19-5-10-24(15-21(19)3)29-27(33)30(12-13-34-4)18-26(32)31(17-25-20(2)11-14-35-25)16-22-6-8-23(28)9-7-22/h5-11,14-15H,12-13,16-18H2,1-4H3,(H,29,33). The molecule has 3 rings (SSSR count). The van der Waals surface area contributed by atoms with Gasteiger partial charge in [0, 0.05) is 30.8 Å². The molecule has 0 aliphatic carbocycles. The smallest absolute Gasteiger partial charge is 0.322 e. The zero-order valence-corrected chi connectivity index (χ0v) is 21.5. The summed E-state index contributed by atoms with van der Waals surface area (Å²) in [5.41, 5.74) is 4.80. The normalized spacial score (nSPS) is 10.8. The summed E-state index contributed by atoms with van der Waals surface area (Å²) in [5, 5.41) is 4.89. The van der Waals surface area contributed by atoms with Crippen LogP contribution in [0.15, 0.2) is 53.9 Å².